The van der Waals surface area contributed by atoms with Crippen molar-refractivity contribution in [2.75, 3.05) is 56.2 Å². The van der Waals surface area contributed by atoms with Crippen molar-refractivity contribution in [1.29, 1.82) is 0 Å². The highest BCUT2D eigenvalue weighted by molar-refractivity contribution is 7.98. The highest BCUT2D eigenvalue weighted by atomic mass is 35.5. The topological polar surface area (TPSA) is 93.3 Å². The van der Waals surface area contributed by atoms with Gasteiger partial charge in [0, 0.05) is 24.4 Å². The minimum Gasteiger partial charge on any atom is -1.00 e. The van der Waals surface area contributed by atoms with Crippen LogP contribution in [0, 0.1) is 17.0 Å². The molecule has 1 aromatic carbocycles. The average molecular weight is 598 g/mol. The molecule has 0 aliphatic carbocycles. The summed E-state index contributed by atoms with van der Waals surface area (Å²) in [6.45, 7) is 8.44. The molecule has 1 aliphatic heterocycles. The molecule has 0 radical (unpaired) electrons. The summed E-state index contributed by atoms with van der Waals surface area (Å²) in [7, 11) is 4.19. The summed E-state index contributed by atoms with van der Waals surface area (Å²) < 4.78 is 5.87. The van der Waals surface area contributed by atoms with Gasteiger partial charge in [-0.1, -0.05) is 12.1 Å². The van der Waals surface area contributed by atoms with Gasteiger partial charge >= 0.3 is 5.69 Å². The first-order chi connectivity index (χ1) is 17.8. The Morgan fingerprint density at radius 1 is 1.21 bits per heavy atom. The van der Waals surface area contributed by atoms with Gasteiger partial charge in [-0.15, -0.1) is 0 Å². The van der Waals surface area contributed by atoms with E-state index in [4.69, 9.17) is 4.42 Å². The first-order valence-corrected chi connectivity index (χ1v) is 14.0. The van der Waals surface area contributed by atoms with E-state index in [-0.39, 0.29) is 35.4 Å². The lowest BCUT2D eigenvalue weighted by atomic mass is 10.1. The number of furan rings is 1. The number of benzene rings is 1. The van der Waals surface area contributed by atoms with Crippen LogP contribution in [0.3, 0.4) is 0 Å². The number of thioether (sulfide) groups is 1. The largest absolute Gasteiger partial charge is 1.00 e. The second kappa shape index (κ2) is 15.3. The van der Waals surface area contributed by atoms with E-state index in [1.54, 1.807) is 23.9 Å². The molecule has 3 heterocycles. The lowest BCUT2D eigenvalue weighted by Crippen LogP contribution is -3.14. The average Bonchev–Trinajstić information content (AvgIpc) is 3.30. The lowest BCUT2D eigenvalue weighted by molar-refractivity contribution is -0.873. The fraction of sp³-hybridized carbons (Fsp3) is 0.444. The second-order valence-electron chi connectivity index (χ2n) is 10.0. The summed E-state index contributed by atoms with van der Waals surface area (Å²) in [6.07, 6.45) is 0. The molecule has 3 N–H and O–H groups in total. The zero-order valence-electron chi connectivity index (χ0n) is 22.9. The molecule has 2 atom stereocenters. The molecule has 1 fully saturated rings. The summed E-state index contributed by atoms with van der Waals surface area (Å²) in [5.41, 5.74) is 2.59. The monoisotopic (exact) mass is 596 g/mol. The van der Waals surface area contributed by atoms with Gasteiger partial charge in [-0.05, 0) is 43.7 Å². The van der Waals surface area contributed by atoms with Gasteiger partial charge in [0.25, 0.3) is 0 Å². The minimum absolute atomic E-state index is 0. The van der Waals surface area contributed by atoms with Crippen molar-refractivity contribution < 1.29 is 44.0 Å². The van der Waals surface area contributed by atoms with E-state index < -0.39 is 0 Å². The Hall–Kier alpha value is -2.50. The quantitative estimate of drug-likeness (QED) is 0.119. The van der Waals surface area contributed by atoms with Crippen LogP contribution in [0.5, 0.6) is 0 Å². The Morgan fingerprint density at radius 2 is 1.97 bits per heavy atom. The van der Waals surface area contributed by atoms with Crippen LogP contribution in [0.2, 0.25) is 0 Å². The zero-order chi connectivity index (χ0) is 26.4. The molecule has 9 nitrogen and oxygen atoms in total. The maximum atomic E-state index is 11.6. The van der Waals surface area contributed by atoms with Crippen LogP contribution in [0.4, 0.5) is 23.0 Å². The Bertz CT molecular complexity index is 1210. The maximum Gasteiger partial charge on any atom is 0.311 e. The molecule has 0 saturated carbocycles. The van der Waals surface area contributed by atoms with E-state index in [2.05, 4.69) is 67.4 Å². The van der Waals surface area contributed by atoms with Gasteiger partial charge in [-0.25, -0.2) is 4.98 Å². The number of nitrogens with zero attached hydrogens (tertiary/aromatic N) is 3. The van der Waals surface area contributed by atoms with Crippen LogP contribution in [0.1, 0.15) is 24.0 Å². The number of piperazine rings is 1. The van der Waals surface area contributed by atoms with Crippen molar-refractivity contribution >= 4 is 34.8 Å². The van der Waals surface area contributed by atoms with Crippen molar-refractivity contribution in [2.24, 2.45) is 0 Å². The van der Waals surface area contributed by atoms with E-state index in [9.17, 15) is 10.1 Å². The van der Waals surface area contributed by atoms with Crippen LogP contribution in [-0.4, -0.2) is 62.0 Å². The molecule has 1 aliphatic rings. The van der Waals surface area contributed by atoms with Crippen molar-refractivity contribution in [3.63, 3.8) is 0 Å². The normalized spacial score (nSPS) is 16.9. The number of anilines is 2. The van der Waals surface area contributed by atoms with Gasteiger partial charge in [0.15, 0.2) is 5.76 Å². The molecule has 3 aromatic rings. The fourth-order valence-corrected chi connectivity index (χ4v) is 5.52. The van der Waals surface area contributed by atoms with Gasteiger partial charge < -0.3 is 44.3 Å². The summed E-state index contributed by atoms with van der Waals surface area (Å²) in [6, 6.07) is 16.4. The highest BCUT2D eigenvalue weighted by Gasteiger charge is 2.30. The molecule has 0 bridgehead atoms. The minimum atomic E-state index is -0.369. The van der Waals surface area contributed by atoms with E-state index in [1.807, 2.05) is 12.1 Å². The number of aryl methyl sites for hydroxylation is 1. The molecule has 4 rings (SSSR count). The molecule has 12 heteroatoms. The van der Waals surface area contributed by atoms with E-state index in [0.29, 0.717) is 18.4 Å². The number of halogens is 2. The summed E-state index contributed by atoms with van der Waals surface area (Å²) in [4.78, 5) is 21.0. The number of quaternary nitrogens is 2. The van der Waals surface area contributed by atoms with E-state index in [1.165, 1.54) is 21.1 Å². The van der Waals surface area contributed by atoms with Crippen LogP contribution >= 0.6 is 11.8 Å². The molecule has 214 valence electrons. The molecular formula is C27H38Cl2N6O3S. The molecule has 2 aromatic heterocycles. The number of rotatable bonds is 11. The van der Waals surface area contributed by atoms with E-state index in [0.717, 1.165) is 55.0 Å². The van der Waals surface area contributed by atoms with Gasteiger partial charge in [-0.3, -0.25) is 15.0 Å². The van der Waals surface area contributed by atoms with Crippen LogP contribution < -0.4 is 44.8 Å². The maximum absolute atomic E-state index is 11.6. The number of aromatic nitrogens is 1. The van der Waals surface area contributed by atoms with Gasteiger partial charge in [0.1, 0.15) is 29.9 Å². The number of hydrogen-bond donors (Lipinski definition) is 3. The molecule has 1 saturated heterocycles. The molecular weight excluding hydrogens is 559 g/mol. The van der Waals surface area contributed by atoms with Crippen molar-refractivity contribution in [2.45, 2.75) is 32.2 Å². The first-order valence-electron chi connectivity index (χ1n) is 12.8. The zero-order valence-corrected chi connectivity index (χ0v) is 25.2. The van der Waals surface area contributed by atoms with Crippen LogP contribution in [0.25, 0.3) is 0 Å². The Labute approximate surface area is 247 Å². The number of nitro groups is 1. The standard InChI is InChI=1S/C27H36N6O3S.2ClH/c1-20-6-5-7-22(16-20)32-14-13-31(17-21(32)2)26-11-10-25(33(34)35)27(29-26)28-12-15-37-19-24-9-8-23(36-24)18-30(3)4;;/h5-11,16,21H,12-15,17-19H2,1-4H3,(H,28,29);2*1H. The predicted molar refractivity (Wildman–Crippen MR) is 149 cm³/mol. The second-order valence-corrected chi connectivity index (χ2v) is 11.1. The smallest absolute Gasteiger partial charge is 0.311 e. The van der Waals surface area contributed by atoms with Crippen molar-refractivity contribution in [3.05, 3.63) is 75.7 Å². The Morgan fingerprint density at radius 3 is 2.67 bits per heavy atom. The van der Waals surface area contributed by atoms with Crippen LogP contribution in [0.15, 0.2) is 52.9 Å². The third-order valence-corrected chi connectivity index (χ3v) is 7.52. The van der Waals surface area contributed by atoms with Gasteiger partial charge in [0.2, 0.25) is 5.82 Å². The first kappa shape index (κ1) is 32.7. The SMILES string of the molecule is Cc1cccc([NH+]2CCN(c3ccc([N+](=O)[O-])c(NCCSCc4ccc(C[NH+](C)C)o4)n3)CC2C)c1.[Cl-].[Cl-]. The predicted octanol–water partition coefficient (Wildman–Crippen LogP) is -3.69. The van der Waals surface area contributed by atoms with Gasteiger partial charge in [0.05, 0.1) is 44.4 Å². The van der Waals surface area contributed by atoms with Crippen LogP contribution in [-0.2, 0) is 12.3 Å². The molecule has 0 spiro atoms. The number of hydrogen-bond acceptors (Lipinski definition) is 7. The summed E-state index contributed by atoms with van der Waals surface area (Å²) >= 11 is 1.73. The van der Waals surface area contributed by atoms with Crippen molar-refractivity contribution in [3.8, 4) is 0 Å². The van der Waals surface area contributed by atoms with Crippen molar-refractivity contribution in [1.82, 2.24) is 4.98 Å². The Balaban J connectivity index is 0.00000267. The highest BCUT2D eigenvalue weighted by Crippen LogP contribution is 2.26. The Kier molecular flexibility index (Phi) is 12.9. The van der Waals surface area contributed by atoms with E-state index >= 15 is 0 Å². The third-order valence-electron chi connectivity index (χ3n) is 6.54. The number of pyridine rings is 1. The molecule has 39 heavy (non-hydrogen) atoms. The fourth-order valence-electron chi connectivity index (χ4n) is 4.77. The molecule has 0 amide bonds. The lowest BCUT2D eigenvalue weighted by Gasteiger charge is -2.37. The third kappa shape index (κ3) is 9.01. The summed E-state index contributed by atoms with van der Waals surface area (Å²) in [5.74, 6) is 4.61. The molecule has 2 unspecified atom stereocenters. The number of nitrogens with one attached hydrogen (secondary N) is 3. The summed E-state index contributed by atoms with van der Waals surface area (Å²) in [5, 5.41) is 14.8. The van der Waals surface area contributed by atoms with Gasteiger partial charge in [-0.2, -0.15) is 11.8 Å².